The van der Waals surface area contributed by atoms with Gasteiger partial charge in [0.2, 0.25) is 0 Å². The molecule has 0 N–H and O–H groups in total. The van der Waals surface area contributed by atoms with Gasteiger partial charge in [-0.3, -0.25) is 9.69 Å². The van der Waals surface area contributed by atoms with Gasteiger partial charge in [-0.05, 0) is 45.0 Å². The Balaban J connectivity index is 1.59. The number of hydrogen-bond acceptors (Lipinski definition) is 4. The van der Waals surface area contributed by atoms with Crippen LogP contribution in [0.25, 0.3) is 0 Å². The highest BCUT2D eigenvalue weighted by atomic mass is 32.2. The molecule has 110 valence electrons. The Morgan fingerprint density at radius 1 is 1.20 bits per heavy atom. The molecule has 0 aromatic heterocycles. The number of benzene rings is 1. The molecule has 3 nitrogen and oxygen atoms in total. The van der Waals surface area contributed by atoms with Gasteiger partial charge in [-0.2, -0.15) is 0 Å². The lowest BCUT2D eigenvalue weighted by atomic mass is 10.1. The largest absolute Gasteiger partial charge is 0.464 e. The number of ether oxygens (including phenoxy) is 1. The quantitative estimate of drug-likeness (QED) is 0.595. The van der Waals surface area contributed by atoms with Crippen LogP contribution in [0.2, 0.25) is 0 Å². The van der Waals surface area contributed by atoms with Crippen LogP contribution in [0.4, 0.5) is 0 Å². The molecule has 0 bridgehead atoms. The summed E-state index contributed by atoms with van der Waals surface area (Å²) in [6, 6.07) is 8.20. The van der Waals surface area contributed by atoms with E-state index in [4.69, 9.17) is 4.74 Å². The molecule has 20 heavy (non-hydrogen) atoms. The Bertz CT molecular complexity index is 413. The number of esters is 1. The van der Waals surface area contributed by atoms with Crippen LogP contribution in [-0.2, 0) is 9.53 Å². The summed E-state index contributed by atoms with van der Waals surface area (Å²) in [5.74, 6) is 0.274. The van der Waals surface area contributed by atoms with E-state index in [0.29, 0.717) is 12.4 Å². The summed E-state index contributed by atoms with van der Waals surface area (Å²) in [7, 11) is 0. The summed E-state index contributed by atoms with van der Waals surface area (Å²) < 4.78 is 5.29. The topological polar surface area (TPSA) is 29.5 Å². The maximum Gasteiger partial charge on any atom is 0.316 e. The van der Waals surface area contributed by atoms with Gasteiger partial charge < -0.3 is 4.74 Å². The number of hydrogen-bond donors (Lipinski definition) is 0. The molecule has 1 aromatic carbocycles. The molecule has 0 saturated carbocycles. The molecule has 0 amide bonds. The number of piperidine rings is 1. The van der Waals surface area contributed by atoms with Crippen molar-refractivity contribution in [2.24, 2.45) is 0 Å². The third kappa shape index (κ3) is 5.55. The normalized spacial score (nSPS) is 16.1. The van der Waals surface area contributed by atoms with Gasteiger partial charge >= 0.3 is 5.97 Å². The van der Waals surface area contributed by atoms with Gasteiger partial charge in [0.1, 0.15) is 6.61 Å². The molecule has 1 aromatic rings. The molecule has 1 aliphatic rings. The molecule has 1 heterocycles. The van der Waals surface area contributed by atoms with Crippen molar-refractivity contribution in [2.45, 2.75) is 31.1 Å². The van der Waals surface area contributed by atoms with E-state index in [-0.39, 0.29) is 5.97 Å². The molecule has 2 rings (SSSR count). The summed E-state index contributed by atoms with van der Waals surface area (Å²) in [6.45, 7) is 5.75. The highest BCUT2D eigenvalue weighted by Crippen LogP contribution is 2.18. The molecule has 0 atom stereocenters. The van der Waals surface area contributed by atoms with E-state index >= 15 is 0 Å². The zero-order valence-corrected chi connectivity index (χ0v) is 13.0. The number of nitrogens with zero attached hydrogens (tertiary/aromatic N) is 1. The van der Waals surface area contributed by atoms with Gasteiger partial charge in [0.25, 0.3) is 0 Å². The van der Waals surface area contributed by atoms with Gasteiger partial charge in [-0.15, -0.1) is 11.8 Å². The van der Waals surface area contributed by atoms with E-state index in [0.717, 1.165) is 24.5 Å². The molecule has 0 aliphatic carbocycles. The first-order valence-corrected chi connectivity index (χ1v) is 8.30. The molecular weight excluding hydrogens is 270 g/mol. The Hall–Kier alpha value is -1.00. The first-order chi connectivity index (χ1) is 9.74. The average molecular weight is 293 g/mol. The Morgan fingerprint density at radius 3 is 2.60 bits per heavy atom. The summed E-state index contributed by atoms with van der Waals surface area (Å²) in [5, 5.41) is 0. The molecular formula is C16H23NO2S. The van der Waals surface area contributed by atoms with E-state index in [1.165, 1.54) is 36.6 Å². The van der Waals surface area contributed by atoms with Crippen LogP contribution in [0.1, 0.15) is 24.8 Å². The van der Waals surface area contributed by atoms with Gasteiger partial charge in [0, 0.05) is 11.4 Å². The number of aryl methyl sites for hydroxylation is 1. The highest BCUT2D eigenvalue weighted by Gasteiger charge is 2.10. The molecule has 4 heteroatoms. The fraction of sp³-hybridized carbons (Fsp3) is 0.562. The maximum atomic E-state index is 11.7. The standard InChI is InChI=1S/C16H23NO2S/c1-14-5-7-15(8-6-14)20-13-16(18)19-12-11-17-9-3-2-4-10-17/h5-8H,2-4,9-13H2,1H3. The maximum absolute atomic E-state index is 11.7. The SMILES string of the molecule is Cc1ccc(SCC(=O)OCCN2CCCCC2)cc1. The minimum Gasteiger partial charge on any atom is -0.464 e. The van der Waals surface area contributed by atoms with E-state index < -0.39 is 0 Å². The number of thioether (sulfide) groups is 1. The fourth-order valence-corrected chi connectivity index (χ4v) is 2.99. The van der Waals surface area contributed by atoms with E-state index in [1.807, 2.05) is 12.1 Å². The van der Waals surface area contributed by atoms with Crippen molar-refractivity contribution in [2.75, 3.05) is 32.0 Å². The number of rotatable bonds is 6. The minimum atomic E-state index is -0.118. The number of carbonyl (C=O) groups excluding carboxylic acids is 1. The molecule has 0 radical (unpaired) electrons. The Morgan fingerprint density at radius 2 is 1.90 bits per heavy atom. The van der Waals surface area contributed by atoms with Crippen LogP contribution in [0, 0.1) is 6.92 Å². The van der Waals surface area contributed by atoms with Crippen molar-refractivity contribution in [3.8, 4) is 0 Å². The van der Waals surface area contributed by atoms with Crippen LogP contribution < -0.4 is 0 Å². The van der Waals surface area contributed by atoms with E-state index in [2.05, 4.69) is 24.0 Å². The van der Waals surface area contributed by atoms with Crippen LogP contribution in [-0.4, -0.2) is 42.9 Å². The average Bonchev–Trinajstić information content (AvgIpc) is 2.48. The summed E-state index contributed by atoms with van der Waals surface area (Å²) in [6.07, 6.45) is 3.89. The van der Waals surface area contributed by atoms with E-state index in [1.54, 1.807) is 0 Å². The fourth-order valence-electron chi connectivity index (χ4n) is 2.29. The highest BCUT2D eigenvalue weighted by molar-refractivity contribution is 8.00. The van der Waals surface area contributed by atoms with Crippen LogP contribution in [0.5, 0.6) is 0 Å². The monoisotopic (exact) mass is 293 g/mol. The van der Waals surface area contributed by atoms with Crippen LogP contribution in [0.15, 0.2) is 29.2 Å². The second-order valence-electron chi connectivity index (χ2n) is 5.22. The number of likely N-dealkylation sites (tertiary alicyclic amines) is 1. The molecule has 1 fully saturated rings. The summed E-state index contributed by atoms with van der Waals surface area (Å²) >= 11 is 1.54. The van der Waals surface area contributed by atoms with Crippen molar-refractivity contribution in [3.63, 3.8) is 0 Å². The smallest absolute Gasteiger partial charge is 0.316 e. The zero-order chi connectivity index (χ0) is 14.2. The second kappa shape index (κ2) is 8.32. The van der Waals surface area contributed by atoms with Crippen molar-refractivity contribution in [3.05, 3.63) is 29.8 Å². The van der Waals surface area contributed by atoms with Crippen LogP contribution in [0.3, 0.4) is 0 Å². The molecule has 1 saturated heterocycles. The first kappa shape index (κ1) is 15.4. The van der Waals surface area contributed by atoms with Crippen molar-refractivity contribution in [1.82, 2.24) is 4.90 Å². The predicted octanol–water partition coefficient (Wildman–Crippen LogP) is 3.12. The van der Waals surface area contributed by atoms with Crippen molar-refractivity contribution in [1.29, 1.82) is 0 Å². The molecule has 0 spiro atoms. The van der Waals surface area contributed by atoms with Gasteiger partial charge in [-0.25, -0.2) is 0 Å². The third-order valence-corrected chi connectivity index (χ3v) is 4.48. The minimum absolute atomic E-state index is 0.118. The lowest BCUT2D eigenvalue weighted by Gasteiger charge is -2.25. The van der Waals surface area contributed by atoms with Gasteiger partial charge in [0.05, 0.1) is 5.75 Å². The third-order valence-electron chi connectivity index (χ3n) is 3.50. The number of carbonyl (C=O) groups is 1. The van der Waals surface area contributed by atoms with Crippen molar-refractivity contribution < 1.29 is 9.53 Å². The lowest BCUT2D eigenvalue weighted by Crippen LogP contribution is -2.33. The summed E-state index contributed by atoms with van der Waals surface area (Å²) in [4.78, 5) is 15.2. The van der Waals surface area contributed by atoms with Gasteiger partial charge in [-0.1, -0.05) is 24.1 Å². The summed E-state index contributed by atoms with van der Waals surface area (Å²) in [5.41, 5.74) is 1.23. The zero-order valence-electron chi connectivity index (χ0n) is 12.1. The Kier molecular flexibility index (Phi) is 6.40. The van der Waals surface area contributed by atoms with E-state index in [9.17, 15) is 4.79 Å². The second-order valence-corrected chi connectivity index (χ2v) is 6.27. The Labute approximate surface area is 125 Å². The predicted molar refractivity (Wildman–Crippen MR) is 83.2 cm³/mol. The molecule has 1 aliphatic heterocycles. The van der Waals surface area contributed by atoms with Crippen molar-refractivity contribution >= 4 is 17.7 Å². The molecule has 0 unspecified atom stereocenters. The van der Waals surface area contributed by atoms with Gasteiger partial charge in [0.15, 0.2) is 0 Å². The van der Waals surface area contributed by atoms with Crippen LogP contribution >= 0.6 is 11.8 Å². The first-order valence-electron chi connectivity index (χ1n) is 7.31. The lowest BCUT2D eigenvalue weighted by molar-refractivity contribution is -0.140.